The zero-order valence-corrected chi connectivity index (χ0v) is 10.5. The van der Waals surface area contributed by atoms with E-state index in [1.54, 1.807) is 7.11 Å². The molecule has 3 heteroatoms. The fourth-order valence-electron chi connectivity index (χ4n) is 3.28. The van der Waals surface area contributed by atoms with Gasteiger partial charge in [0, 0.05) is 32.2 Å². The SMILES string of the molecule is COCCNCC1(C2CCCC2)CCOC1. The van der Waals surface area contributed by atoms with E-state index in [1.165, 1.54) is 32.1 Å². The Morgan fingerprint density at radius 3 is 2.81 bits per heavy atom. The van der Waals surface area contributed by atoms with Crippen LogP contribution in [0.1, 0.15) is 32.1 Å². The molecule has 0 spiro atoms. The topological polar surface area (TPSA) is 30.5 Å². The maximum Gasteiger partial charge on any atom is 0.0587 e. The third-order valence-electron chi connectivity index (χ3n) is 4.32. The van der Waals surface area contributed by atoms with Gasteiger partial charge in [-0.2, -0.15) is 0 Å². The number of methoxy groups -OCH3 is 1. The van der Waals surface area contributed by atoms with E-state index in [0.29, 0.717) is 5.41 Å². The second-order valence-corrected chi connectivity index (χ2v) is 5.32. The molecule has 2 rings (SSSR count). The summed E-state index contributed by atoms with van der Waals surface area (Å²) in [5.41, 5.74) is 0.435. The Hall–Kier alpha value is -0.120. The van der Waals surface area contributed by atoms with E-state index < -0.39 is 0 Å². The lowest BCUT2D eigenvalue weighted by Crippen LogP contribution is -2.41. The Kier molecular flexibility index (Phi) is 4.62. The highest BCUT2D eigenvalue weighted by molar-refractivity contribution is 4.93. The van der Waals surface area contributed by atoms with Gasteiger partial charge in [-0.1, -0.05) is 12.8 Å². The average Bonchev–Trinajstić information content (AvgIpc) is 2.95. The van der Waals surface area contributed by atoms with Gasteiger partial charge in [0.1, 0.15) is 0 Å². The van der Waals surface area contributed by atoms with Crippen LogP contribution in [0.3, 0.4) is 0 Å². The molecular weight excluding hydrogens is 202 g/mol. The molecule has 1 heterocycles. The standard InChI is InChI=1S/C13H25NO2/c1-15-9-7-14-10-13(6-8-16-11-13)12-4-2-3-5-12/h12,14H,2-11H2,1H3. The molecule has 94 valence electrons. The normalized spacial score (nSPS) is 31.3. The molecule has 1 N–H and O–H groups in total. The van der Waals surface area contributed by atoms with Crippen LogP contribution in [-0.4, -0.2) is 40.0 Å². The van der Waals surface area contributed by atoms with Crippen LogP contribution in [0.25, 0.3) is 0 Å². The summed E-state index contributed by atoms with van der Waals surface area (Å²) < 4.78 is 10.7. The van der Waals surface area contributed by atoms with Crippen molar-refractivity contribution in [3.05, 3.63) is 0 Å². The molecular formula is C13H25NO2. The Bertz CT molecular complexity index is 196. The van der Waals surface area contributed by atoms with Gasteiger partial charge in [0.15, 0.2) is 0 Å². The molecule has 1 aliphatic heterocycles. The first-order valence-electron chi connectivity index (χ1n) is 6.65. The summed E-state index contributed by atoms with van der Waals surface area (Å²) in [7, 11) is 1.76. The number of hydrogen-bond donors (Lipinski definition) is 1. The van der Waals surface area contributed by atoms with Gasteiger partial charge in [0.25, 0.3) is 0 Å². The summed E-state index contributed by atoms with van der Waals surface area (Å²) in [6.07, 6.45) is 6.91. The van der Waals surface area contributed by atoms with Gasteiger partial charge >= 0.3 is 0 Å². The third-order valence-corrected chi connectivity index (χ3v) is 4.32. The molecule has 1 atom stereocenters. The monoisotopic (exact) mass is 227 g/mol. The fraction of sp³-hybridized carbons (Fsp3) is 1.00. The Balaban J connectivity index is 1.83. The summed E-state index contributed by atoms with van der Waals surface area (Å²) in [6, 6.07) is 0. The van der Waals surface area contributed by atoms with Gasteiger partial charge in [-0.15, -0.1) is 0 Å². The molecule has 2 aliphatic rings. The van der Waals surface area contributed by atoms with Crippen molar-refractivity contribution in [3.63, 3.8) is 0 Å². The molecule has 1 unspecified atom stereocenters. The van der Waals surface area contributed by atoms with Crippen molar-refractivity contribution in [2.75, 3.05) is 40.0 Å². The molecule has 1 aliphatic carbocycles. The van der Waals surface area contributed by atoms with Crippen LogP contribution in [0.5, 0.6) is 0 Å². The summed E-state index contributed by atoms with van der Waals surface area (Å²) >= 11 is 0. The fourth-order valence-corrected chi connectivity index (χ4v) is 3.28. The second kappa shape index (κ2) is 5.99. The summed E-state index contributed by atoms with van der Waals surface area (Å²) in [5.74, 6) is 0.894. The van der Waals surface area contributed by atoms with Crippen molar-refractivity contribution >= 4 is 0 Å². The molecule has 0 aromatic heterocycles. The molecule has 0 radical (unpaired) electrons. The molecule has 0 aromatic carbocycles. The van der Waals surface area contributed by atoms with Crippen molar-refractivity contribution in [2.24, 2.45) is 11.3 Å². The maximum absolute atomic E-state index is 5.66. The van der Waals surface area contributed by atoms with E-state index in [2.05, 4.69) is 5.32 Å². The van der Waals surface area contributed by atoms with E-state index in [0.717, 1.165) is 38.8 Å². The highest BCUT2D eigenvalue weighted by Crippen LogP contribution is 2.44. The van der Waals surface area contributed by atoms with Crippen LogP contribution in [0.2, 0.25) is 0 Å². The summed E-state index contributed by atoms with van der Waals surface area (Å²) in [5, 5.41) is 3.54. The smallest absolute Gasteiger partial charge is 0.0587 e. The van der Waals surface area contributed by atoms with Crippen LogP contribution >= 0.6 is 0 Å². The zero-order chi connectivity index (χ0) is 11.3. The molecule has 3 nitrogen and oxygen atoms in total. The van der Waals surface area contributed by atoms with Crippen molar-refractivity contribution in [2.45, 2.75) is 32.1 Å². The van der Waals surface area contributed by atoms with Gasteiger partial charge in [0.05, 0.1) is 13.2 Å². The van der Waals surface area contributed by atoms with Gasteiger partial charge in [-0.25, -0.2) is 0 Å². The molecule has 0 amide bonds. The molecule has 16 heavy (non-hydrogen) atoms. The van der Waals surface area contributed by atoms with Gasteiger partial charge in [-0.3, -0.25) is 0 Å². The van der Waals surface area contributed by atoms with Gasteiger partial charge in [-0.05, 0) is 25.2 Å². The first-order chi connectivity index (χ1) is 7.87. The maximum atomic E-state index is 5.66. The molecule has 1 saturated carbocycles. The highest BCUT2D eigenvalue weighted by Gasteiger charge is 2.42. The van der Waals surface area contributed by atoms with E-state index in [1.807, 2.05) is 0 Å². The number of ether oxygens (including phenoxy) is 2. The van der Waals surface area contributed by atoms with E-state index >= 15 is 0 Å². The third kappa shape index (κ3) is 2.76. The number of rotatable bonds is 6. The summed E-state index contributed by atoms with van der Waals surface area (Å²) in [6.45, 7) is 4.81. The van der Waals surface area contributed by atoms with E-state index in [-0.39, 0.29) is 0 Å². The van der Waals surface area contributed by atoms with E-state index in [9.17, 15) is 0 Å². The Labute approximate surface area is 98.9 Å². The zero-order valence-electron chi connectivity index (χ0n) is 10.5. The van der Waals surface area contributed by atoms with Crippen molar-refractivity contribution < 1.29 is 9.47 Å². The lowest BCUT2D eigenvalue weighted by atomic mass is 9.73. The van der Waals surface area contributed by atoms with Crippen LogP contribution in [0.15, 0.2) is 0 Å². The highest BCUT2D eigenvalue weighted by atomic mass is 16.5. The second-order valence-electron chi connectivity index (χ2n) is 5.32. The van der Waals surface area contributed by atoms with Crippen LogP contribution in [0, 0.1) is 11.3 Å². The first kappa shape index (κ1) is 12.3. The average molecular weight is 227 g/mol. The molecule has 0 bridgehead atoms. The predicted molar refractivity (Wildman–Crippen MR) is 64.6 cm³/mol. The minimum absolute atomic E-state index is 0.435. The van der Waals surface area contributed by atoms with Crippen LogP contribution in [-0.2, 0) is 9.47 Å². The molecule has 1 saturated heterocycles. The Morgan fingerprint density at radius 2 is 2.19 bits per heavy atom. The largest absolute Gasteiger partial charge is 0.383 e. The van der Waals surface area contributed by atoms with Crippen molar-refractivity contribution in [1.82, 2.24) is 5.32 Å². The lowest BCUT2D eigenvalue weighted by molar-refractivity contribution is 0.103. The lowest BCUT2D eigenvalue weighted by Gasteiger charge is -2.34. The summed E-state index contributed by atoms with van der Waals surface area (Å²) in [4.78, 5) is 0. The van der Waals surface area contributed by atoms with Crippen LogP contribution < -0.4 is 5.32 Å². The quantitative estimate of drug-likeness (QED) is 0.702. The van der Waals surface area contributed by atoms with Crippen molar-refractivity contribution in [3.8, 4) is 0 Å². The minimum atomic E-state index is 0.435. The number of hydrogen-bond acceptors (Lipinski definition) is 3. The molecule has 0 aromatic rings. The van der Waals surface area contributed by atoms with Gasteiger partial charge < -0.3 is 14.8 Å². The first-order valence-corrected chi connectivity index (χ1v) is 6.65. The van der Waals surface area contributed by atoms with E-state index in [4.69, 9.17) is 9.47 Å². The van der Waals surface area contributed by atoms with Gasteiger partial charge in [0.2, 0.25) is 0 Å². The predicted octanol–water partition coefficient (Wildman–Crippen LogP) is 1.82. The van der Waals surface area contributed by atoms with Crippen molar-refractivity contribution in [1.29, 1.82) is 0 Å². The molecule has 2 fully saturated rings. The minimum Gasteiger partial charge on any atom is -0.383 e. The number of nitrogens with one attached hydrogen (secondary N) is 1. The van der Waals surface area contributed by atoms with Crippen LogP contribution in [0.4, 0.5) is 0 Å². The Morgan fingerprint density at radius 1 is 1.38 bits per heavy atom.